The highest BCUT2D eigenvalue weighted by Gasteiger charge is 2.44. The zero-order valence-electron chi connectivity index (χ0n) is 35.8. The largest absolute Gasteiger partial charge is 0.310 e. The van der Waals surface area contributed by atoms with Gasteiger partial charge in [0.2, 0.25) is 0 Å². The summed E-state index contributed by atoms with van der Waals surface area (Å²) in [7, 11) is 0. The van der Waals surface area contributed by atoms with Gasteiger partial charge in [-0.3, -0.25) is 0 Å². The van der Waals surface area contributed by atoms with Crippen molar-refractivity contribution in [3.63, 3.8) is 0 Å². The van der Waals surface area contributed by atoms with Crippen molar-refractivity contribution in [3.8, 4) is 16.8 Å². The molecule has 0 amide bonds. The number of nitrogens with zero attached hydrogens (tertiary/aromatic N) is 2. The molecule has 0 spiro atoms. The molecule has 1 heterocycles. The van der Waals surface area contributed by atoms with Gasteiger partial charge in [0.1, 0.15) is 0 Å². The van der Waals surface area contributed by atoms with Crippen LogP contribution in [0, 0.1) is 11.8 Å². The fraction of sp³-hybridized carbons (Fsp3) is 0.254. The summed E-state index contributed by atoms with van der Waals surface area (Å²) >= 11 is 0. The van der Waals surface area contributed by atoms with E-state index in [0.29, 0.717) is 0 Å². The summed E-state index contributed by atoms with van der Waals surface area (Å²) in [6.07, 6.45) is 16.0. The first-order chi connectivity index (χ1) is 30.1. The Morgan fingerprint density at radius 1 is 0.639 bits per heavy atom. The van der Waals surface area contributed by atoms with Crippen LogP contribution in [0.3, 0.4) is 0 Å². The standard InChI is InChI=1S/C59H58N2/c1-3-5-12-44-24-30-51(31-25-44)60(52-34-28-50(29-35-52)59-38-11-13-46(41-59)39-47(42-59)23-22-45-20-18-43(4-2)19-21-45)54-36-37-58-56(40-54)55-16-9-10-17-57(55)61(58)53-32-26-49(27-33-53)48-14-7-6-8-15-48/h4,6-10,14-21,24-37,40,46-47H,2-3,5,11-13,22-23,38-39,41-42H2,1H3. The average Bonchev–Trinajstić information content (AvgIpc) is 3.65. The summed E-state index contributed by atoms with van der Waals surface area (Å²) in [4.78, 5) is 2.48. The van der Waals surface area contributed by atoms with Crippen LogP contribution in [0.25, 0.3) is 44.7 Å². The van der Waals surface area contributed by atoms with E-state index in [4.69, 9.17) is 0 Å². The molecular formula is C59H58N2. The van der Waals surface area contributed by atoms with Crippen LogP contribution in [0.15, 0.2) is 176 Å². The molecule has 3 atom stereocenters. The number of anilines is 3. The second-order valence-corrected chi connectivity index (χ2v) is 18.2. The Balaban J connectivity index is 0.995. The lowest BCUT2D eigenvalue weighted by molar-refractivity contribution is 0.0983. The van der Waals surface area contributed by atoms with Gasteiger partial charge in [-0.1, -0.05) is 148 Å². The molecule has 3 unspecified atom stereocenters. The predicted octanol–water partition coefficient (Wildman–Crippen LogP) is 16.4. The molecule has 0 N–H and O–H groups in total. The third kappa shape index (κ3) is 7.85. The number of rotatable bonds is 13. The maximum absolute atomic E-state index is 3.94. The van der Waals surface area contributed by atoms with E-state index in [1.54, 1.807) is 5.56 Å². The van der Waals surface area contributed by atoms with Gasteiger partial charge in [0.25, 0.3) is 0 Å². The van der Waals surface area contributed by atoms with Crippen LogP contribution >= 0.6 is 0 Å². The van der Waals surface area contributed by atoms with E-state index in [1.165, 1.54) is 137 Å². The van der Waals surface area contributed by atoms with Crippen molar-refractivity contribution in [1.82, 2.24) is 4.57 Å². The highest BCUT2D eigenvalue weighted by Crippen LogP contribution is 2.54. The van der Waals surface area contributed by atoms with Crippen molar-refractivity contribution in [3.05, 3.63) is 199 Å². The smallest absolute Gasteiger partial charge is 0.0542 e. The van der Waals surface area contributed by atoms with Crippen LogP contribution < -0.4 is 4.90 Å². The highest BCUT2D eigenvalue weighted by atomic mass is 15.1. The first kappa shape index (κ1) is 39.0. The topological polar surface area (TPSA) is 8.17 Å². The molecule has 2 nitrogen and oxygen atoms in total. The van der Waals surface area contributed by atoms with Crippen LogP contribution in [-0.4, -0.2) is 4.57 Å². The molecule has 2 aliphatic carbocycles. The highest BCUT2D eigenvalue weighted by molar-refractivity contribution is 6.10. The van der Waals surface area contributed by atoms with Crippen LogP contribution in [0.1, 0.15) is 87.0 Å². The van der Waals surface area contributed by atoms with Gasteiger partial charge in [-0.2, -0.15) is 0 Å². The van der Waals surface area contributed by atoms with Crippen LogP contribution in [-0.2, 0) is 18.3 Å². The van der Waals surface area contributed by atoms with Gasteiger partial charge >= 0.3 is 0 Å². The SMILES string of the molecule is C=Cc1ccc(CCC2CC3CCCC(c4ccc(N(c5ccc(CCCC)cc5)c5ccc6c(c5)c5ccccc5n6-c5ccc(-c6ccccc6)cc5)cc4)(C3)C2)cc1. The molecule has 2 aliphatic rings. The molecule has 2 heteroatoms. The number of hydrogen-bond donors (Lipinski definition) is 0. The summed E-state index contributed by atoms with van der Waals surface area (Å²) in [5.74, 6) is 1.62. The molecule has 2 bridgehead atoms. The predicted molar refractivity (Wildman–Crippen MR) is 261 cm³/mol. The van der Waals surface area contributed by atoms with Gasteiger partial charge in [-0.25, -0.2) is 0 Å². The number of para-hydroxylation sites is 1. The van der Waals surface area contributed by atoms with Crippen molar-refractivity contribution in [1.29, 1.82) is 0 Å². The Bertz CT molecular complexity index is 2740. The lowest BCUT2D eigenvalue weighted by Gasteiger charge is -2.49. The third-order valence-electron chi connectivity index (χ3n) is 14.2. The van der Waals surface area contributed by atoms with E-state index in [2.05, 4.69) is 193 Å². The molecule has 2 saturated carbocycles. The number of hydrogen-bond acceptors (Lipinski definition) is 1. The number of benzene rings is 7. The summed E-state index contributed by atoms with van der Waals surface area (Å²) < 4.78 is 2.43. The molecule has 0 radical (unpaired) electrons. The van der Waals surface area contributed by atoms with Gasteiger partial charge in [0, 0.05) is 33.5 Å². The quantitative estimate of drug-likeness (QED) is 0.113. The fourth-order valence-corrected chi connectivity index (χ4v) is 11.2. The fourth-order valence-electron chi connectivity index (χ4n) is 11.2. The Kier molecular flexibility index (Phi) is 10.9. The molecule has 0 saturated heterocycles. The number of aryl methyl sites for hydroxylation is 2. The van der Waals surface area contributed by atoms with Crippen molar-refractivity contribution < 1.29 is 0 Å². The van der Waals surface area contributed by atoms with E-state index in [0.717, 1.165) is 18.3 Å². The molecule has 61 heavy (non-hydrogen) atoms. The van der Waals surface area contributed by atoms with Gasteiger partial charge in [0.15, 0.2) is 0 Å². The van der Waals surface area contributed by atoms with Gasteiger partial charge in [-0.15, -0.1) is 0 Å². The minimum Gasteiger partial charge on any atom is -0.310 e. The normalized spacial score (nSPS) is 18.6. The average molecular weight is 795 g/mol. The zero-order chi connectivity index (χ0) is 41.2. The van der Waals surface area contributed by atoms with Crippen molar-refractivity contribution in [2.24, 2.45) is 11.8 Å². The van der Waals surface area contributed by atoms with E-state index in [-0.39, 0.29) is 5.41 Å². The van der Waals surface area contributed by atoms with E-state index < -0.39 is 0 Å². The van der Waals surface area contributed by atoms with E-state index in [1.807, 2.05) is 6.08 Å². The Morgan fingerprint density at radius 2 is 1.30 bits per heavy atom. The molecule has 8 aromatic rings. The Morgan fingerprint density at radius 3 is 2.05 bits per heavy atom. The Labute approximate surface area is 363 Å². The summed E-state index contributed by atoms with van der Waals surface area (Å²) in [5, 5.41) is 2.53. The molecule has 304 valence electrons. The van der Waals surface area contributed by atoms with Gasteiger partial charge in [0.05, 0.1) is 11.0 Å². The molecule has 10 rings (SSSR count). The van der Waals surface area contributed by atoms with Crippen molar-refractivity contribution >= 4 is 44.9 Å². The first-order valence-electron chi connectivity index (χ1n) is 23.0. The summed E-state index contributed by atoms with van der Waals surface area (Å²) in [5.41, 5.74) is 15.6. The first-order valence-corrected chi connectivity index (χ1v) is 23.0. The van der Waals surface area contributed by atoms with Crippen molar-refractivity contribution in [2.45, 2.75) is 83.0 Å². The second-order valence-electron chi connectivity index (χ2n) is 18.2. The summed E-state index contributed by atoms with van der Waals surface area (Å²) in [6, 6.07) is 63.9. The van der Waals surface area contributed by atoms with Crippen LogP contribution in [0.4, 0.5) is 17.1 Å². The van der Waals surface area contributed by atoms with E-state index >= 15 is 0 Å². The molecular weight excluding hydrogens is 737 g/mol. The minimum absolute atomic E-state index is 0.281. The lowest BCUT2D eigenvalue weighted by Crippen LogP contribution is -2.40. The maximum atomic E-state index is 3.94. The van der Waals surface area contributed by atoms with Crippen LogP contribution in [0.2, 0.25) is 0 Å². The molecule has 0 aliphatic heterocycles. The number of fused-ring (bicyclic) bond motifs is 5. The zero-order valence-corrected chi connectivity index (χ0v) is 35.8. The Hall–Kier alpha value is -6.12. The number of unbranched alkanes of at least 4 members (excludes halogenated alkanes) is 1. The van der Waals surface area contributed by atoms with Gasteiger partial charge < -0.3 is 9.47 Å². The lowest BCUT2D eigenvalue weighted by atomic mass is 9.56. The van der Waals surface area contributed by atoms with Gasteiger partial charge in [-0.05, 0) is 163 Å². The molecule has 7 aromatic carbocycles. The van der Waals surface area contributed by atoms with E-state index in [9.17, 15) is 0 Å². The summed E-state index contributed by atoms with van der Waals surface area (Å²) in [6.45, 7) is 6.22. The molecule has 2 fully saturated rings. The van der Waals surface area contributed by atoms with Crippen LogP contribution in [0.5, 0.6) is 0 Å². The van der Waals surface area contributed by atoms with Crippen molar-refractivity contribution in [2.75, 3.05) is 4.90 Å². The monoisotopic (exact) mass is 794 g/mol. The second kappa shape index (κ2) is 17.1. The molecule has 1 aromatic heterocycles. The minimum atomic E-state index is 0.281. The third-order valence-corrected chi connectivity index (χ3v) is 14.2. The maximum Gasteiger partial charge on any atom is 0.0542 e. The number of aromatic nitrogens is 1.